The van der Waals surface area contributed by atoms with Gasteiger partial charge in [-0.3, -0.25) is 9.59 Å². The Morgan fingerprint density at radius 1 is 1.19 bits per heavy atom. The highest BCUT2D eigenvalue weighted by molar-refractivity contribution is 6.31. The number of halogens is 1. The molecule has 0 aliphatic carbocycles. The molecule has 27 heavy (non-hydrogen) atoms. The van der Waals surface area contributed by atoms with E-state index in [-0.39, 0.29) is 24.3 Å². The van der Waals surface area contributed by atoms with Crippen LogP contribution in [0.25, 0.3) is 0 Å². The molecule has 0 unspecified atom stereocenters. The van der Waals surface area contributed by atoms with Gasteiger partial charge in [-0.15, -0.1) is 0 Å². The molecule has 3 rings (SSSR count). The van der Waals surface area contributed by atoms with Crippen molar-refractivity contribution in [3.63, 3.8) is 0 Å². The van der Waals surface area contributed by atoms with Crippen molar-refractivity contribution < 1.29 is 18.7 Å². The summed E-state index contributed by atoms with van der Waals surface area (Å²) in [5.41, 5.74) is 0.860. The molecule has 1 N–H and O–H groups in total. The Labute approximate surface area is 163 Å². The first-order valence-electron chi connectivity index (χ1n) is 9.02. The fraction of sp³-hybridized carbons (Fsp3) is 0.400. The van der Waals surface area contributed by atoms with Gasteiger partial charge >= 0.3 is 0 Å². The summed E-state index contributed by atoms with van der Waals surface area (Å²) in [7, 11) is 0. The van der Waals surface area contributed by atoms with Gasteiger partial charge in [0.2, 0.25) is 11.8 Å². The largest absolute Gasteiger partial charge is 0.467 e. The standard InChI is InChI=1S/C20H23ClN2O4/c21-18-6-2-1-4-16(18)13-26-14-19(24)23-9-7-15(8-10-23)20(25)22-12-17-5-3-11-27-17/h1-6,11,15H,7-10,12-14H2,(H,22,25). The van der Waals surface area contributed by atoms with Crippen LogP contribution < -0.4 is 5.32 Å². The number of nitrogens with one attached hydrogen (secondary N) is 1. The predicted octanol–water partition coefficient (Wildman–Crippen LogP) is 3.00. The highest BCUT2D eigenvalue weighted by Crippen LogP contribution is 2.19. The minimum absolute atomic E-state index is 0.00784. The van der Waals surface area contributed by atoms with Crippen molar-refractivity contribution in [3.8, 4) is 0 Å². The van der Waals surface area contributed by atoms with Crippen LogP contribution >= 0.6 is 11.6 Å². The van der Waals surface area contributed by atoms with Gasteiger partial charge in [-0.2, -0.15) is 0 Å². The second-order valence-electron chi connectivity index (χ2n) is 6.54. The highest BCUT2D eigenvalue weighted by atomic mass is 35.5. The van der Waals surface area contributed by atoms with E-state index in [4.69, 9.17) is 20.8 Å². The molecular weight excluding hydrogens is 368 g/mol. The van der Waals surface area contributed by atoms with Crippen LogP contribution in [0.4, 0.5) is 0 Å². The summed E-state index contributed by atoms with van der Waals surface area (Å²) in [6, 6.07) is 11.0. The lowest BCUT2D eigenvalue weighted by Gasteiger charge is -2.31. The fourth-order valence-electron chi connectivity index (χ4n) is 3.08. The highest BCUT2D eigenvalue weighted by Gasteiger charge is 2.27. The maximum absolute atomic E-state index is 12.3. The second kappa shape index (κ2) is 9.58. The molecule has 1 aliphatic rings. The van der Waals surface area contributed by atoms with Crippen molar-refractivity contribution in [2.45, 2.75) is 26.0 Å². The van der Waals surface area contributed by atoms with Gasteiger partial charge in [0.1, 0.15) is 12.4 Å². The molecule has 2 heterocycles. The van der Waals surface area contributed by atoms with Crippen LogP contribution in [-0.4, -0.2) is 36.4 Å². The van der Waals surface area contributed by atoms with Crippen molar-refractivity contribution in [3.05, 3.63) is 59.0 Å². The average Bonchev–Trinajstić information content (AvgIpc) is 3.21. The molecule has 1 aromatic carbocycles. The molecule has 0 radical (unpaired) electrons. The molecule has 2 amide bonds. The first kappa shape index (κ1) is 19.5. The van der Waals surface area contributed by atoms with Gasteiger partial charge in [0, 0.05) is 24.0 Å². The van der Waals surface area contributed by atoms with Gasteiger partial charge in [-0.05, 0) is 36.6 Å². The molecule has 1 fully saturated rings. The van der Waals surface area contributed by atoms with E-state index in [1.165, 1.54) is 0 Å². The number of furan rings is 1. The number of nitrogens with zero attached hydrogens (tertiary/aromatic N) is 1. The number of rotatable bonds is 7. The van der Waals surface area contributed by atoms with E-state index >= 15 is 0 Å². The van der Waals surface area contributed by atoms with E-state index in [0.29, 0.717) is 44.1 Å². The molecule has 0 spiro atoms. The smallest absolute Gasteiger partial charge is 0.248 e. The summed E-state index contributed by atoms with van der Waals surface area (Å²) >= 11 is 6.07. The molecular formula is C20H23ClN2O4. The number of hydrogen-bond donors (Lipinski definition) is 1. The van der Waals surface area contributed by atoms with E-state index in [9.17, 15) is 9.59 Å². The topological polar surface area (TPSA) is 71.8 Å². The van der Waals surface area contributed by atoms with Crippen LogP contribution in [-0.2, 0) is 27.5 Å². The minimum Gasteiger partial charge on any atom is -0.467 e. The van der Waals surface area contributed by atoms with Gasteiger partial charge in [0.05, 0.1) is 19.4 Å². The maximum atomic E-state index is 12.3. The summed E-state index contributed by atoms with van der Waals surface area (Å²) in [5.74, 6) is 0.602. The third-order valence-corrected chi connectivity index (χ3v) is 5.05. The predicted molar refractivity (Wildman–Crippen MR) is 101 cm³/mol. The normalized spacial score (nSPS) is 14.9. The van der Waals surface area contributed by atoms with Crippen molar-refractivity contribution >= 4 is 23.4 Å². The van der Waals surface area contributed by atoms with Gasteiger partial charge < -0.3 is 19.4 Å². The molecule has 0 saturated carbocycles. The molecule has 0 atom stereocenters. The monoisotopic (exact) mass is 390 g/mol. The molecule has 144 valence electrons. The van der Waals surface area contributed by atoms with Crippen LogP contribution in [0.1, 0.15) is 24.2 Å². The van der Waals surface area contributed by atoms with E-state index < -0.39 is 0 Å². The Bertz CT molecular complexity index is 755. The Morgan fingerprint density at radius 2 is 1.96 bits per heavy atom. The Kier molecular flexibility index (Phi) is 6.90. The quantitative estimate of drug-likeness (QED) is 0.788. The van der Waals surface area contributed by atoms with Crippen LogP contribution in [0, 0.1) is 5.92 Å². The molecule has 6 nitrogen and oxygen atoms in total. The SMILES string of the molecule is O=C(NCc1ccco1)C1CCN(C(=O)COCc2ccccc2Cl)CC1. The van der Waals surface area contributed by atoms with E-state index in [0.717, 1.165) is 11.3 Å². The Hall–Kier alpha value is -2.31. The first-order chi connectivity index (χ1) is 13.1. The van der Waals surface area contributed by atoms with Crippen molar-refractivity contribution in [2.24, 2.45) is 5.92 Å². The average molecular weight is 391 g/mol. The number of ether oxygens (including phenoxy) is 1. The lowest BCUT2D eigenvalue weighted by atomic mass is 9.96. The lowest BCUT2D eigenvalue weighted by molar-refractivity contribution is -0.140. The molecule has 2 aromatic rings. The fourth-order valence-corrected chi connectivity index (χ4v) is 3.27. The third-order valence-electron chi connectivity index (χ3n) is 4.68. The van der Waals surface area contributed by atoms with Crippen LogP contribution in [0.3, 0.4) is 0 Å². The second-order valence-corrected chi connectivity index (χ2v) is 6.94. The summed E-state index contributed by atoms with van der Waals surface area (Å²) in [5, 5.41) is 3.51. The number of benzene rings is 1. The number of carbonyl (C=O) groups excluding carboxylic acids is 2. The number of piperidine rings is 1. The molecule has 1 aliphatic heterocycles. The van der Waals surface area contributed by atoms with Gasteiger partial charge in [0.25, 0.3) is 0 Å². The number of likely N-dealkylation sites (tertiary alicyclic amines) is 1. The maximum Gasteiger partial charge on any atom is 0.248 e. The molecule has 1 aromatic heterocycles. The number of hydrogen-bond acceptors (Lipinski definition) is 4. The van der Waals surface area contributed by atoms with Crippen molar-refractivity contribution in [2.75, 3.05) is 19.7 Å². The molecule has 1 saturated heterocycles. The molecule has 7 heteroatoms. The van der Waals surface area contributed by atoms with Crippen molar-refractivity contribution in [1.29, 1.82) is 0 Å². The summed E-state index contributed by atoms with van der Waals surface area (Å²) in [4.78, 5) is 26.3. The van der Waals surface area contributed by atoms with Gasteiger partial charge in [0.15, 0.2) is 0 Å². The summed E-state index contributed by atoms with van der Waals surface area (Å²) < 4.78 is 10.7. The Morgan fingerprint density at radius 3 is 2.67 bits per heavy atom. The minimum atomic E-state index is -0.0759. The zero-order chi connectivity index (χ0) is 19.1. The lowest BCUT2D eigenvalue weighted by Crippen LogP contribution is -2.44. The zero-order valence-corrected chi connectivity index (χ0v) is 15.8. The number of amides is 2. The van der Waals surface area contributed by atoms with Gasteiger partial charge in [-0.1, -0.05) is 29.8 Å². The van der Waals surface area contributed by atoms with Gasteiger partial charge in [-0.25, -0.2) is 0 Å². The summed E-state index contributed by atoms with van der Waals surface area (Å²) in [6.45, 7) is 1.83. The third kappa shape index (κ3) is 5.58. The van der Waals surface area contributed by atoms with Crippen LogP contribution in [0.2, 0.25) is 5.02 Å². The van der Waals surface area contributed by atoms with E-state index in [1.54, 1.807) is 23.3 Å². The Balaban J connectivity index is 1.36. The summed E-state index contributed by atoms with van der Waals surface area (Å²) in [6.07, 6.45) is 2.89. The van der Waals surface area contributed by atoms with Crippen LogP contribution in [0.15, 0.2) is 47.1 Å². The van der Waals surface area contributed by atoms with E-state index in [1.807, 2.05) is 24.3 Å². The zero-order valence-electron chi connectivity index (χ0n) is 15.0. The van der Waals surface area contributed by atoms with Crippen LogP contribution in [0.5, 0.6) is 0 Å². The van der Waals surface area contributed by atoms with Crippen molar-refractivity contribution in [1.82, 2.24) is 10.2 Å². The molecule has 0 bridgehead atoms. The van der Waals surface area contributed by atoms with E-state index in [2.05, 4.69) is 5.32 Å². The number of carbonyl (C=O) groups is 2. The first-order valence-corrected chi connectivity index (χ1v) is 9.40.